The molecule has 184 valence electrons. The molecule has 0 unspecified atom stereocenters. The van der Waals surface area contributed by atoms with E-state index in [-0.39, 0.29) is 0 Å². The van der Waals surface area contributed by atoms with E-state index in [2.05, 4.69) is 19.1 Å². The standard InChI is InChI=1S/C28H43NO4/c1-3-4-5-6-7-8-9-10-11-12-13-14-15-19-22-25(30)27(31)29-23(2)26(33-28(29)32)24-20-17-16-18-21-24/h10-11,16-18,20-21,23,25-26,30H,3-9,12-15,19,22H2,1-2H3/b11-10-/t23-,25-,26-/m0/s1. The van der Waals surface area contributed by atoms with Crippen LogP contribution in [-0.4, -0.2) is 34.2 Å². The van der Waals surface area contributed by atoms with Crippen molar-refractivity contribution in [2.45, 2.75) is 116 Å². The van der Waals surface area contributed by atoms with Crippen molar-refractivity contribution in [3.8, 4) is 0 Å². The predicted octanol–water partition coefficient (Wildman–Crippen LogP) is 7.10. The highest BCUT2D eigenvalue weighted by molar-refractivity contribution is 5.96. The molecule has 1 fully saturated rings. The molecule has 5 heteroatoms. The molecule has 0 radical (unpaired) electrons. The Kier molecular flexibility index (Phi) is 12.9. The van der Waals surface area contributed by atoms with Crippen LogP contribution in [-0.2, 0) is 9.53 Å². The number of unbranched alkanes of at least 4 members (excludes halogenated alkanes) is 10. The molecule has 0 spiro atoms. The number of ether oxygens (including phenoxy) is 1. The summed E-state index contributed by atoms with van der Waals surface area (Å²) in [5, 5.41) is 10.4. The van der Waals surface area contributed by atoms with Crippen molar-refractivity contribution >= 4 is 12.0 Å². The number of carbonyl (C=O) groups is 2. The molecule has 2 rings (SSSR count). The number of amides is 2. The lowest BCUT2D eigenvalue weighted by atomic mass is 10.0. The fraction of sp³-hybridized carbons (Fsp3) is 0.643. The van der Waals surface area contributed by atoms with Crippen LogP contribution in [0.4, 0.5) is 4.79 Å². The van der Waals surface area contributed by atoms with Gasteiger partial charge in [0, 0.05) is 0 Å². The molecule has 1 aromatic rings. The number of carbonyl (C=O) groups excluding carboxylic acids is 2. The number of hydrogen-bond donors (Lipinski definition) is 1. The first-order valence-electron chi connectivity index (χ1n) is 13.0. The highest BCUT2D eigenvalue weighted by Crippen LogP contribution is 2.32. The van der Waals surface area contributed by atoms with Gasteiger partial charge in [0.15, 0.2) is 0 Å². The van der Waals surface area contributed by atoms with Gasteiger partial charge in [-0.3, -0.25) is 4.79 Å². The van der Waals surface area contributed by atoms with E-state index >= 15 is 0 Å². The van der Waals surface area contributed by atoms with E-state index in [1.165, 1.54) is 44.9 Å². The Morgan fingerprint density at radius 1 is 0.970 bits per heavy atom. The highest BCUT2D eigenvalue weighted by atomic mass is 16.6. The Morgan fingerprint density at radius 2 is 1.55 bits per heavy atom. The van der Waals surface area contributed by atoms with Crippen LogP contribution in [0.2, 0.25) is 0 Å². The van der Waals surface area contributed by atoms with Crippen molar-refractivity contribution < 1.29 is 19.4 Å². The van der Waals surface area contributed by atoms with Crippen molar-refractivity contribution in [1.82, 2.24) is 4.90 Å². The molecular formula is C28H43NO4. The third-order valence-corrected chi connectivity index (χ3v) is 6.41. The summed E-state index contributed by atoms with van der Waals surface area (Å²) in [4.78, 5) is 26.0. The first-order valence-corrected chi connectivity index (χ1v) is 13.0. The molecule has 0 aliphatic carbocycles. The number of aliphatic hydroxyl groups excluding tert-OH is 1. The van der Waals surface area contributed by atoms with E-state index in [9.17, 15) is 14.7 Å². The van der Waals surface area contributed by atoms with E-state index < -0.39 is 30.3 Å². The van der Waals surface area contributed by atoms with Crippen LogP contribution in [0, 0.1) is 0 Å². The average molecular weight is 458 g/mol. The summed E-state index contributed by atoms with van der Waals surface area (Å²) in [6.45, 7) is 4.03. The quantitative estimate of drug-likeness (QED) is 0.212. The van der Waals surface area contributed by atoms with Gasteiger partial charge in [-0.1, -0.05) is 101 Å². The summed E-state index contributed by atoms with van der Waals surface area (Å²) >= 11 is 0. The minimum Gasteiger partial charge on any atom is -0.439 e. The molecule has 0 saturated carbocycles. The second kappa shape index (κ2) is 15.7. The number of aliphatic hydroxyl groups is 1. The normalized spacial score (nSPS) is 19.2. The SMILES string of the molecule is CCCCCCCC/C=C\CCCCCC[C@H](O)C(=O)N1C(=O)O[C@H](c2ccccc2)[C@@H]1C. The summed E-state index contributed by atoms with van der Waals surface area (Å²) < 4.78 is 5.42. The van der Waals surface area contributed by atoms with Crippen molar-refractivity contribution in [1.29, 1.82) is 0 Å². The molecule has 0 bridgehead atoms. The largest absolute Gasteiger partial charge is 0.439 e. The molecular weight excluding hydrogens is 414 g/mol. The average Bonchev–Trinajstić information content (AvgIpc) is 3.12. The van der Waals surface area contributed by atoms with Gasteiger partial charge in [0.2, 0.25) is 0 Å². The van der Waals surface area contributed by atoms with Crippen LogP contribution in [0.25, 0.3) is 0 Å². The molecule has 0 aromatic heterocycles. The van der Waals surface area contributed by atoms with Gasteiger partial charge in [-0.05, 0) is 44.6 Å². The maximum atomic E-state index is 12.7. The summed E-state index contributed by atoms with van der Waals surface area (Å²) in [5.74, 6) is -0.552. The first kappa shape index (κ1) is 27.1. The van der Waals surface area contributed by atoms with Gasteiger partial charge in [-0.15, -0.1) is 0 Å². The smallest absolute Gasteiger partial charge is 0.417 e. The van der Waals surface area contributed by atoms with E-state index in [1.807, 2.05) is 30.3 Å². The topological polar surface area (TPSA) is 66.8 Å². The van der Waals surface area contributed by atoms with Crippen molar-refractivity contribution in [3.05, 3.63) is 48.0 Å². The second-order valence-corrected chi connectivity index (χ2v) is 9.20. The van der Waals surface area contributed by atoms with E-state index in [1.54, 1.807) is 6.92 Å². The van der Waals surface area contributed by atoms with Gasteiger partial charge >= 0.3 is 6.09 Å². The molecule has 1 aromatic carbocycles. The van der Waals surface area contributed by atoms with E-state index in [0.717, 1.165) is 42.6 Å². The summed E-state index contributed by atoms with van der Waals surface area (Å²) in [7, 11) is 0. The molecule has 1 aliphatic heterocycles. The number of allylic oxidation sites excluding steroid dienone is 2. The fourth-order valence-electron chi connectivity index (χ4n) is 4.36. The Labute approximate surface area is 200 Å². The number of cyclic esters (lactones) is 1. The van der Waals surface area contributed by atoms with Gasteiger partial charge in [0.25, 0.3) is 5.91 Å². The zero-order valence-electron chi connectivity index (χ0n) is 20.6. The lowest BCUT2D eigenvalue weighted by Gasteiger charge is -2.21. The van der Waals surface area contributed by atoms with Gasteiger partial charge in [0.1, 0.15) is 12.2 Å². The lowest BCUT2D eigenvalue weighted by Crippen LogP contribution is -2.43. The molecule has 1 N–H and O–H groups in total. The van der Waals surface area contributed by atoms with Crippen LogP contribution in [0.3, 0.4) is 0 Å². The number of imide groups is 1. The van der Waals surface area contributed by atoms with Gasteiger partial charge in [-0.25, -0.2) is 9.69 Å². The molecule has 33 heavy (non-hydrogen) atoms. The third-order valence-electron chi connectivity index (χ3n) is 6.41. The summed E-state index contributed by atoms with van der Waals surface area (Å²) in [6, 6.07) is 8.96. The minimum absolute atomic E-state index is 0.374. The number of nitrogens with zero attached hydrogens (tertiary/aromatic N) is 1. The zero-order chi connectivity index (χ0) is 23.9. The van der Waals surface area contributed by atoms with Gasteiger partial charge in [-0.2, -0.15) is 0 Å². The first-order chi connectivity index (χ1) is 16.1. The summed E-state index contributed by atoms with van der Waals surface area (Å²) in [5.41, 5.74) is 0.851. The Hall–Kier alpha value is -2.14. The Morgan fingerprint density at radius 3 is 2.18 bits per heavy atom. The Balaban J connectivity index is 1.56. The maximum Gasteiger partial charge on any atom is 0.417 e. The second-order valence-electron chi connectivity index (χ2n) is 9.20. The van der Waals surface area contributed by atoms with E-state index in [0.29, 0.717) is 6.42 Å². The molecule has 3 atom stereocenters. The van der Waals surface area contributed by atoms with Crippen LogP contribution in [0.1, 0.15) is 109 Å². The predicted molar refractivity (Wildman–Crippen MR) is 133 cm³/mol. The van der Waals surface area contributed by atoms with Crippen molar-refractivity contribution in [2.24, 2.45) is 0 Å². The maximum absolute atomic E-state index is 12.7. The zero-order valence-corrected chi connectivity index (χ0v) is 20.6. The molecule has 1 saturated heterocycles. The van der Waals surface area contributed by atoms with Crippen LogP contribution < -0.4 is 0 Å². The van der Waals surface area contributed by atoms with Gasteiger partial charge < -0.3 is 9.84 Å². The lowest BCUT2D eigenvalue weighted by molar-refractivity contribution is -0.138. The van der Waals surface area contributed by atoms with Crippen LogP contribution in [0.15, 0.2) is 42.5 Å². The molecule has 5 nitrogen and oxygen atoms in total. The fourth-order valence-corrected chi connectivity index (χ4v) is 4.36. The highest BCUT2D eigenvalue weighted by Gasteiger charge is 2.44. The van der Waals surface area contributed by atoms with Crippen LogP contribution >= 0.6 is 0 Å². The Bertz CT molecular complexity index is 718. The van der Waals surface area contributed by atoms with Crippen LogP contribution in [0.5, 0.6) is 0 Å². The number of rotatable bonds is 16. The summed E-state index contributed by atoms with van der Waals surface area (Å²) in [6.07, 6.45) is 16.9. The van der Waals surface area contributed by atoms with Gasteiger partial charge in [0.05, 0.1) is 6.04 Å². The molecule has 2 amide bonds. The monoisotopic (exact) mass is 457 g/mol. The third kappa shape index (κ3) is 9.32. The molecule has 1 heterocycles. The van der Waals surface area contributed by atoms with Crippen molar-refractivity contribution in [2.75, 3.05) is 0 Å². The number of hydrogen-bond acceptors (Lipinski definition) is 4. The molecule has 1 aliphatic rings. The minimum atomic E-state index is -1.16. The number of benzene rings is 1. The van der Waals surface area contributed by atoms with Crippen molar-refractivity contribution in [3.63, 3.8) is 0 Å². The van der Waals surface area contributed by atoms with E-state index in [4.69, 9.17) is 4.74 Å².